The van der Waals surface area contributed by atoms with Gasteiger partial charge in [0.15, 0.2) is 0 Å². The largest absolute Gasteiger partial charge is 0.457 e. The molecule has 2 aromatic rings. The van der Waals surface area contributed by atoms with Crippen LogP contribution in [-0.2, 0) is 0 Å². The summed E-state index contributed by atoms with van der Waals surface area (Å²) in [5.41, 5.74) is 0.987. The summed E-state index contributed by atoms with van der Waals surface area (Å²) in [6.45, 7) is 1.94. The van der Waals surface area contributed by atoms with Crippen LogP contribution < -0.4 is 4.74 Å². The van der Waals surface area contributed by atoms with Crippen LogP contribution in [0.1, 0.15) is 5.56 Å². The number of hydrogen-bond donors (Lipinski definition) is 0. The van der Waals surface area contributed by atoms with Crippen LogP contribution in [-0.4, -0.2) is 0 Å². The van der Waals surface area contributed by atoms with Gasteiger partial charge in [0.05, 0.1) is 0 Å². The molecule has 0 N–H and O–H groups in total. The Hall–Kier alpha value is -1.18. The number of hydrogen-bond acceptors (Lipinski definition) is 1. The lowest BCUT2D eigenvalue weighted by atomic mass is 10.2. The van der Waals surface area contributed by atoms with E-state index in [0.29, 0.717) is 10.8 Å². The molecule has 0 aromatic heterocycles. The Labute approximate surface area is 105 Å². The molecule has 0 spiro atoms. The zero-order valence-corrected chi connectivity index (χ0v) is 10.2. The van der Waals surface area contributed by atoms with Crippen LogP contribution in [0, 0.1) is 6.92 Å². The first-order valence-electron chi connectivity index (χ1n) is 4.85. The minimum absolute atomic E-state index is 0.656. The Bertz CT molecular complexity index is 509. The van der Waals surface area contributed by atoms with Gasteiger partial charge in [-0.15, -0.1) is 0 Å². The van der Waals surface area contributed by atoms with Crippen molar-refractivity contribution in [2.24, 2.45) is 0 Å². The first-order chi connectivity index (χ1) is 7.65. The van der Waals surface area contributed by atoms with E-state index >= 15 is 0 Å². The van der Waals surface area contributed by atoms with Crippen molar-refractivity contribution < 1.29 is 4.74 Å². The molecule has 0 amide bonds. The fourth-order valence-corrected chi connectivity index (χ4v) is 1.65. The molecule has 2 rings (SSSR count). The second-order valence-electron chi connectivity index (χ2n) is 3.47. The molecule has 0 unspecified atom stereocenters. The summed E-state index contributed by atoms with van der Waals surface area (Å²) in [6.07, 6.45) is 0. The molecule has 0 aliphatic rings. The van der Waals surface area contributed by atoms with E-state index < -0.39 is 0 Å². The Morgan fingerprint density at radius 1 is 0.938 bits per heavy atom. The Kier molecular flexibility index (Phi) is 3.37. The molecule has 0 aliphatic carbocycles. The minimum Gasteiger partial charge on any atom is -0.457 e. The lowest BCUT2D eigenvalue weighted by molar-refractivity contribution is 0.482. The van der Waals surface area contributed by atoms with Gasteiger partial charge in [-0.2, -0.15) is 0 Å². The Morgan fingerprint density at radius 2 is 1.69 bits per heavy atom. The quantitative estimate of drug-likeness (QED) is 0.723. The van der Waals surface area contributed by atoms with Gasteiger partial charge in [0.25, 0.3) is 0 Å². The van der Waals surface area contributed by atoms with E-state index in [1.54, 1.807) is 6.07 Å². The van der Waals surface area contributed by atoms with Crippen LogP contribution in [0.5, 0.6) is 11.5 Å². The normalized spacial score (nSPS) is 10.2. The maximum absolute atomic E-state index is 5.93. The summed E-state index contributed by atoms with van der Waals surface area (Å²) in [7, 11) is 0. The van der Waals surface area contributed by atoms with Crippen molar-refractivity contribution >= 4 is 23.2 Å². The fraction of sp³-hybridized carbons (Fsp3) is 0.0769. The predicted molar refractivity (Wildman–Crippen MR) is 67.7 cm³/mol. The maximum Gasteiger partial charge on any atom is 0.128 e. The van der Waals surface area contributed by atoms with Gasteiger partial charge in [-0.05, 0) is 48.9 Å². The average molecular weight is 253 g/mol. The molecule has 3 heteroatoms. The zero-order chi connectivity index (χ0) is 11.5. The standard InChI is InChI=1S/C13H10Cl2O/c1-9-7-12(5-6-13(9)15)16-11-4-2-3-10(14)8-11/h2-8H,1H3. The van der Waals surface area contributed by atoms with E-state index in [9.17, 15) is 0 Å². The van der Waals surface area contributed by atoms with Crippen molar-refractivity contribution in [3.8, 4) is 11.5 Å². The van der Waals surface area contributed by atoms with Gasteiger partial charge in [0, 0.05) is 10.0 Å². The fourth-order valence-electron chi connectivity index (χ4n) is 1.35. The summed E-state index contributed by atoms with van der Waals surface area (Å²) in [6, 6.07) is 12.8. The average Bonchev–Trinajstić information content (AvgIpc) is 2.24. The first-order valence-corrected chi connectivity index (χ1v) is 5.60. The van der Waals surface area contributed by atoms with Crippen LogP contribution in [0.2, 0.25) is 10.0 Å². The maximum atomic E-state index is 5.93. The molecular weight excluding hydrogens is 243 g/mol. The summed E-state index contributed by atoms with van der Waals surface area (Å²) in [5, 5.41) is 1.39. The topological polar surface area (TPSA) is 9.23 Å². The van der Waals surface area contributed by atoms with Crippen molar-refractivity contribution in [3.63, 3.8) is 0 Å². The van der Waals surface area contributed by atoms with Gasteiger partial charge in [-0.3, -0.25) is 0 Å². The van der Waals surface area contributed by atoms with Crippen LogP contribution >= 0.6 is 23.2 Å². The molecule has 0 saturated carbocycles. The summed E-state index contributed by atoms with van der Waals surface area (Å²) in [5.74, 6) is 1.47. The van der Waals surface area contributed by atoms with Crippen LogP contribution in [0.3, 0.4) is 0 Å². The van der Waals surface area contributed by atoms with Gasteiger partial charge in [-0.1, -0.05) is 29.3 Å². The van der Waals surface area contributed by atoms with E-state index in [4.69, 9.17) is 27.9 Å². The molecule has 0 saturated heterocycles. The monoisotopic (exact) mass is 252 g/mol. The second kappa shape index (κ2) is 4.77. The van der Waals surface area contributed by atoms with E-state index in [-0.39, 0.29) is 0 Å². The van der Waals surface area contributed by atoms with Crippen LogP contribution in [0.15, 0.2) is 42.5 Å². The van der Waals surface area contributed by atoms with Gasteiger partial charge >= 0.3 is 0 Å². The SMILES string of the molecule is Cc1cc(Oc2cccc(Cl)c2)ccc1Cl. The lowest BCUT2D eigenvalue weighted by Crippen LogP contribution is -1.85. The van der Waals surface area contributed by atoms with E-state index in [1.165, 1.54) is 0 Å². The third kappa shape index (κ3) is 2.69. The molecular formula is C13H10Cl2O. The zero-order valence-electron chi connectivity index (χ0n) is 8.71. The number of halogens is 2. The third-order valence-corrected chi connectivity index (χ3v) is 2.82. The molecule has 16 heavy (non-hydrogen) atoms. The highest BCUT2D eigenvalue weighted by Gasteiger charge is 2.00. The lowest BCUT2D eigenvalue weighted by Gasteiger charge is -2.07. The van der Waals surface area contributed by atoms with Gasteiger partial charge in [0.1, 0.15) is 11.5 Å². The number of aryl methyl sites for hydroxylation is 1. The third-order valence-electron chi connectivity index (χ3n) is 2.16. The molecule has 0 radical (unpaired) electrons. The molecule has 1 nitrogen and oxygen atoms in total. The van der Waals surface area contributed by atoms with Crippen molar-refractivity contribution in [2.45, 2.75) is 6.92 Å². The van der Waals surface area contributed by atoms with E-state index in [0.717, 1.165) is 16.3 Å². The molecule has 0 heterocycles. The summed E-state index contributed by atoms with van der Waals surface area (Å²) >= 11 is 11.8. The van der Waals surface area contributed by atoms with Gasteiger partial charge < -0.3 is 4.74 Å². The van der Waals surface area contributed by atoms with Crippen molar-refractivity contribution in [2.75, 3.05) is 0 Å². The highest BCUT2D eigenvalue weighted by molar-refractivity contribution is 6.31. The smallest absolute Gasteiger partial charge is 0.128 e. The predicted octanol–water partition coefficient (Wildman–Crippen LogP) is 5.09. The molecule has 82 valence electrons. The Morgan fingerprint density at radius 3 is 2.38 bits per heavy atom. The highest BCUT2D eigenvalue weighted by atomic mass is 35.5. The van der Waals surface area contributed by atoms with Crippen LogP contribution in [0.4, 0.5) is 0 Å². The summed E-state index contributed by atoms with van der Waals surface area (Å²) in [4.78, 5) is 0. The molecule has 0 bridgehead atoms. The van der Waals surface area contributed by atoms with E-state index in [2.05, 4.69) is 0 Å². The molecule has 0 aliphatic heterocycles. The van der Waals surface area contributed by atoms with E-state index in [1.807, 2.05) is 43.3 Å². The molecule has 0 fully saturated rings. The summed E-state index contributed by atoms with van der Waals surface area (Å²) < 4.78 is 5.65. The highest BCUT2D eigenvalue weighted by Crippen LogP contribution is 2.27. The van der Waals surface area contributed by atoms with Crippen molar-refractivity contribution in [1.29, 1.82) is 0 Å². The van der Waals surface area contributed by atoms with Crippen molar-refractivity contribution in [3.05, 3.63) is 58.1 Å². The second-order valence-corrected chi connectivity index (χ2v) is 4.31. The van der Waals surface area contributed by atoms with Gasteiger partial charge in [-0.25, -0.2) is 0 Å². The number of rotatable bonds is 2. The number of ether oxygens (including phenoxy) is 1. The van der Waals surface area contributed by atoms with Crippen molar-refractivity contribution in [1.82, 2.24) is 0 Å². The molecule has 0 atom stereocenters. The minimum atomic E-state index is 0.656. The molecule has 2 aromatic carbocycles. The van der Waals surface area contributed by atoms with Gasteiger partial charge in [0.2, 0.25) is 0 Å². The van der Waals surface area contributed by atoms with Crippen LogP contribution in [0.25, 0.3) is 0 Å². The number of benzene rings is 2. The first kappa shape index (κ1) is 11.3. The Balaban J connectivity index is 2.24.